The Morgan fingerprint density at radius 2 is 2.10 bits per heavy atom. The highest BCUT2D eigenvalue weighted by Crippen LogP contribution is 2.25. The van der Waals surface area contributed by atoms with Crippen LogP contribution in [-0.2, 0) is 0 Å². The number of benzene rings is 1. The van der Waals surface area contributed by atoms with Gasteiger partial charge >= 0.3 is 0 Å². The number of pyridine rings is 1. The maximum atomic E-state index is 12.1. The predicted octanol–water partition coefficient (Wildman–Crippen LogP) is 3.68. The van der Waals surface area contributed by atoms with Crippen molar-refractivity contribution in [2.24, 2.45) is 0 Å². The number of anilines is 1. The van der Waals surface area contributed by atoms with Crippen LogP contribution < -0.4 is 10.1 Å². The van der Waals surface area contributed by atoms with E-state index in [1.807, 2.05) is 38.1 Å². The van der Waals surface area contributed by atoms with Crippen molar-refractivity contribution in [2.75, 3.05) is 11.9 Å². The lowest BCUT2D eigenvalue weighted by molar-refractivity contribution is 0.104. The maximum Gasteiger partial charge on any atom is 0.189 e. The van der Waals surface area contributed by atoms with E-state index >= 15 is 0 Å². The molecule has 0 atom stereocenters. The van der Waals surface area contributed by atoms with Crippen molar-refractivity contribution in [2.45, 2.75) is 13.8 Å². The lowest BCUT2D eigenvalue weighted by Gasteiger charge is -2.12. The van der Waals surface area contributed by atoms with E-state index in [1.54, 1.807) is 30.6 Å². The van der Waals surface area contributed by atoms with Crippen molar-refractivity contribution in [3.8, 4) is 5.75 Å². The average molecular weight is 282 g/mol. The average Bonchev–Trinajstić information content (AvgIpc) is 2.50. The van der Waals surface area contributed by atoms with Gasteiger partial charge in [0.15, 0.2) is 5.78 Å². The number of nitrogens with zero attached hydrogens (tertiary/aromatic N) is 1. The van der Waals surface area contributed by atoms with Crippen LogP contribution in [0, 0.1) is 0 Å². The zero-order valence-electron chi connectivity index (χ0n) is 12.2. The molecule has 0 saturated heterocycles. The number of nitrogens with one attached hydrogen (secondary N) is 1. The summed E-state index contributed by atoms with van der Waals surface area (Å²) >= 11 is 0. The van der Waals surface area contributed by atoms with Crippen molar-refractivity contribution >= 4 is 11.5 Å². The van der Waals surface area contributed by atoms with Gasteiger partial charge in [-0.15, -0.1) is 0 Å². The van der Waals surface area contributed by atoms with Crippen LogP contribution in [0.15, 0.2) is 60.6 Å². The molecule has 0 bridgehead atoms. The normalized spacial score (nSPS) is 11.0. The number of allylic oxidation sites excluding steroid dienone is 2. The summed E-state index contributed by atoms with van der Waals surface area (Å²) in [6.07, 6.45) is 4.75. The Balaban J connectivity index is 2.12. The molecule has 1 aromatic carbocycles. The highest BCUT2D eigenvalue weighted by Gasteiger charge is 2.05. The van der Waals surface area contributed by atoms with Crippen LogP contribution in [0.5, 0.6) is 5.75 Å². The Morgan fingerprint density at radius 1 is 1.29 bits per heavy atom. The molecule has 0 spiro atoms. The second kappa shape index (κ2) is 7.24. The Labute approximate surface area is 124 Å². The summed E-state index contributed by atoms with van der Waals surface area (Å²) in [7, 11) is 0. The number of ketones is 1. The number of hydrogen-bond donors (Lipinski definition) is 1. The first-order valence-corrected chi connectivity index (χ1v) is 6.82. The molecule has 1 heterocycles. The predicted molar refractivity (Wildman–Crippen MR) is 83.6 cm³/mol. The first-order chi connectivity index (χ1) is 10.2. The Morgan fingerprint density at radius 3 is 2.81 bits per heavy atom. The third-order valence-corrected chi connectivity index (χ3v) is 2.81. The minimum atomic E-state index is -0.0815. The third-order valence-electron chi connectivity index (χ3n) is 2.81. The quantitative estimate of drug-likeness (QED) is 0.648. The van der Waals surface area contributed by atoms with Crippen molar-refractivity contribution in [1.29, 1.82) is 0 Å². The molecule has 0 aliphatic heterocycles. The monoisotopic (exact) mass is 282 g/mol. The van der Waals surface area contributed by atoms with Gasteiger partial charge in [0.2, 0.25) is 0 Å². The van der Waals surface area contributed by atoms with Gasteiger partial charge in [0.05, 0.1) is 12.3 Å². The number of ether oxygens (including phenoxy) is 1. The van der Waals surface area contributed by atoms with E-state index in [0.717, 1.165) is 17.1 Å². The van der Waals surface area contributed by atoms with Gasteiger partial charge in [-0.3, -0.25) is 9.78 Å². The molecule has 1 aromatic heterocycles. The van der Waals surface area contributed by atoms with Gasteiger partial charge in [-0.05, 0) is 38.1 Å². The molecule has 0 aliphatic carbocycles. The zero-order valence-corrected chi connectivity index (χ0v) is 12.2. The Hall–Kier alpha value is -2.62. The summed E-state index contributed by atoms with van der Waals surface area (Å²) in [5, 5.41) is 3.19. The lowest BCUT2D eigenvalue weighted by Crippen LogP contribution is -2.03. The molecule has 108 valence electrons. The van der Waals surface area contributed by atoms with Gasteiger partial charge in [-0.25, -0.2) is 0 Å². The number of para-hydroxylation sites is 2. The van der Waals surface area contributed by atoms with Crippen molar-refractivity contribution in [1.82, 2.24) is 4.98 Å². The van der Waals surface area contributed by atoms with Crippen molar-refractivity contribution < 1.29 is 9.53 Å². The largest absolute Gasteiger partial charge is 0.492 e. The second-order valence-electron chi connectivity index (χ2n) is 4.49. The number of carbonyl (C=O) groups excluding carboxylic acids is 1. The van der Waals surface area contributed by atoms with Gasteiger partial charge < -0.3 is 10.1 Å². The molecule has 2 rings (SSSR count). The van der Waals surface area contributed by atoms with Crippen LogP contribution in [0.25, 0.3) is 0 Å². The number of rotatable bonds is 6. The Kier molecular flexibility index (Phi) is 5.10. The first kappa shape index (κ1) is 14.8. The summed E-state index contributed by atoms with van der Waals surface area (Å²) in [5.41, 5.74) is 2.15. The van der Waals surface area contributed by atoms with E-state index in [2.05, 4.69) is 10.3 Å². The summed E-state index contributed by atoms with van der Waals surface area (Å²) < 4.78 is 5.54. The zero-order chi connectivity index (χ0) is 15.1. The smallest absolute Gasteiger partial charge is 0.189 e. The molecule has 0 radical (unpaired) electrons. The van der Waals surface area contributed by atoms with Crippen LogP contribution in [0.2, 0.25) is 0 Å². The van der Waals surface area contributed by atoms with Crippen LogP contribution in [0.4, 0.5) is 5.69 Å². The molecular formula is C17H18N2O2. The van der Waals surface area contributed by atoms with E-state index in [9.17, 15) is 4.79 Å². The van der Waals surface area contributed by atoms with Crippen LogP contribution in [0.1, 0.15) is 24.2 Å². The lowest BCUT2D eigenvalue weighted by atomic mass is 10.1. The molecule has 0 fully saturated rings. The fourth-order valence-corrected chi connectivity index (χ4v) is 1.89. The van der Waals surface area contributed by atoms with Crippen LogP contribution in [-0.4, -0.2) is 17.4 Å². The standard InChI is InChI=1S/C17H18N2O2/c1-3-21-17-9-5-4-8-15(17)19-13(2)11-16(20)14-7-6-10-18-12-14/h4-12,19H,3H2,1-2H3. The fourth-order valence-electron chi connectivity index (χ4n) is 1.89. The minimum absolute atomic E-state index is 0.0815. The third kappa shape index (κ3) is 4.18. The van der Waals surface area contributed by atoms with Gasteiger partial charge in [-0.1, -0.05) is 12.1 Å². The van der Waals surface area contributed by atoms with Crippen LogP contribution in [0.3, 0.4) is 0 Å². The summed E-state index contributed by atoms with van der Waals surface area (Å²) in [6, 6.07) is 11.1. The second-order valence-corrected chi connectivity index (χ2v) is 4.49. The molecule has 0 aliphatic rings. The van der Waals surface area contributed by atoms with Gasteiger partial charge in [-0.2, -0.15) is 0 Å². The van der Waals surface area contributed by atoms with E-state index in [1.165, 1.54) is 0 Å². The van der Waals surface area contributed by atoms with Gasteiger partial charge in [0, 0.05) is 29.7 Å². The molecule has 0 amide bonds. The van der Waals surface area contributed by atoms with Crippen molar-refractivity contribution in [3.05, 3.63) is 66.1 Å². The van der Waals surface area contributed by atoms with E-state index in [0.29, 0.717) is 12.2 Å². The molecule has 4 heteroatoms. The number of aromatic nitrogens is 1. The highest BCUT2D eigenvalue weighted by atomic mass is 16.5. The number of hydrogen-bond acceptors (Lipinski definition) is 4. The highest BCUT2D eigenvalue weighted by molar-refractivity contribution is 6.04. The maximum absolute atomic E-state index is 12.1. The first-order valence-electron chi connectivity index (χ1n) is 6.82. The fraction of sp³-hybridized carbons (Fsp3) is 0.176. The van der Waals surface area contributed by atoms with E-state index in [-0.39, 0.29) is 5.78 Å². The van der Waals surface area contributed by atoms with Crippen LogP contribution >= 0.6 is 0 Å². The molecule has 21 heavy (non-hydrogen) atoms. The molecular weight excluding hydrogens is 264 g/mol. The van der Waals surface area contributed by atoms with Gasteiger partial charge in [0.25, 0.3) is 0 Å². The molecule has 2 aromatic rings. The van der Waals surface area contributed by atoms with Gasteiger partial charge in [0.1, 0.15) is 5.75 Å². The topological polar surface area (TPSA) is 51.2 Å². The summed E-state index contributed by atoms with van der Waals surface area (Å²) in [5.74, 6) is 0.684. The SMILES string of the molecule is CCOc1ccccc1NC(C)=CC(=O)c1cccnc1. The van der Waals surface area contributed by atoms with E-state index in [4.69, 9.17) is 4.74 Å². The minimum Gasteiger partial charge on any atom is -0.492 e. The van der Waals surface area contributed by atoms with Crippen molar-refractivity contribution in [3.63, 3.8) is 0 Å². The summed E-state index contributed by atoms with van der Waals surface area (Å²) in [4.78, 5) is 16.0. The Bertz CT molecular complexity index is 636. The molecule has 1 N–H and O–H groups in total. The molecule has 0 saturated carbocycles. The summed E-state index contributed by atoms with van der Waals surface area (Å²) in [6.45, 7) is 4.37. The van der Waals surface area contributed by atoms with E-state index < -0.39 is 0 Å². The molecule has 4 nitrogen and oxygen atoms in total. The number of carbonyl (C=O) groups is 1. The molecule has 0 unspecified atom stereocenters.